The van der Waals surface area contributed by atoms with Crippen molar-refractivity contribution in [2.75, 3.05) is 24.3 Å². The van der Waals surface area contributed by atoms with Crippen molar-refractivity contribution in [2.45, 2.75) is 45.7 Å². The number of hydrogen-bond acceptors (Lipinski definition) is 3. The van der Waals surface area contributed by atoms with E-state index in [1.807, 2.05) is 42.1 Å². The summed E-state index contributed by atoms with van der Waals surface area (Å²) in [6.07, 6.45) is 2.82. The lowest BCUT2D eigenvalue weighted by Crippen LogP contribution is -2.39. The summed E-state index contributed by atoms with van der Waals surface area (Å²) in [6.45, 7) is 4.65. The Kier molecular flexibility index (Phi) is 6.75. The molecule has 0 heterocycles. The van der Waals surface area contributed by atoms with Gasteiger partial charge in [0.15, 0.2) is 0 Å². The minimum absolute atomic E-state index is 0.138. The predicted octanol–water partition coefficient (Wildman–Crippen LogP) is 4.68. The first-order chi connectivity index (χ1) is 14.3. The van der Waals surface area contributed by atoms with E-state index in [0.717, 1.165) is 30.5 Å². The molecule has 0 bridgehead atoms. The van der Waals surface area contributed by atoms with Gasteiger partial charge in [-0.05, 0) is 68.1 Å². The Morgan fingerprint density at radius 1 is 1.17 bits per heavy atom. The summed E-state index contributed by atoms with van der Waals surface area (Å²) in [4.78, 5) is 29.4. The summed E-state index contributed by atoms with van der Waals surface area (Å²) in [6, 6.07) is 11.4. The number of halogens is 1. The van der Waals surface area contributed by atoms with E-state index in [-0.39, 0.29) is 29.3 Å². The first-order valence-corrected chi connectivity index (χ1v) is 10.5. The molecule has 1 fully saturated rings. The van der Waals surface area contributed by atoms with Crippen molar-refractivity contribution in [3.05, 3.63) is 59.4 Å². The first-order valence-electron chi connectivity index (χ1n) is 10.5. The predicted molar refractivity (Wildman–Crippen MR) is 118 cm³/mol. The maximum Gasteiger partial charge on any atom is 0.255 e. The number of hydrogen-bond donors (Lipinski definition) is 1. The molecular formula is C24H30FN3O2. The van der Waals surface area contributed by atoms with E-state index in [0.29, 0.717) is 12.2 Å². The van der Waals surface area contributed by atoms with Crippen LogP contribution in [0.1, 0.15) is 49.0 Å². The molecule has 1 atom stereocenters. The van der Waals surface area contributed by atoms with E-state index in [1.165, 1.54) is 18.2 Å². The number of nitrogens with one attached hydrogen (secondary N) is 1. The van der Waals surface area contributed by atoms with Gasteiger partial charge in [-0.3, -0.25) is 9.59 Å². The van der Waals surface area contributed by atoms with E-state index in [1.54, 1.807) is 6.07 Å². The highest BCUT2D eigenvalue weighted by molar-refractivity contribution is 6.04. The molecule has 0 aromatic heterocycles. The number of carbonyl (C=O) groups is 2. The van der Waals surface area contributed by atoms with Crippen LogP contribution < -0.4 is 10.2 Å². The van der Waals surface area contributed by atoms with E-state index in [4.69, 9.17) is 0 Å². The molecule has 1 aliphatic carbocycles. The summed E-state index contributed by atoms with van der Waals surface area (Å²) in [7, 11) is 3.92. The number of nitrogens with zero attached hydrogens (tertiary/aromatic N) is 2. The van der Waals surface area contributed by atoms with Crippen molar-refractivity contribution >= 4 is 23.2 Å². The summed E-state index contributed by atoms with van der Waals surface area (Å²) in [5, 5.41) is 2.85. The average molecular weight is 412 g/mol. The number of rotatable bonds is 8. The highest BCUT2D eigenvalue weighted by Gasteiger charge is 2.35. The molecule has 2 aromatic carbocycles. The lowest BCUT2D eigenvalue weighted by molar-refractivity contribution is -0.135. The smallest absolute Gasteiger partial charge is 0.255 e. The van der Waals surface area contributed by atoms with Crippen molar-refractivity contribution in [1.29, 1.82) is 0 Å². The standard InChI is InChI=1S/C24H30FN3O2/c1-5-16(2)28(24(30)17-9-10-17)15-19-14-21(11-12-22(19)27(3)4)26-23(29)18-7-6-8-20(25)13-18/h6-8,11-14,16-17H,5,9-10,15H2,1-4H3,(H,26,29). The van der Waals surface area contributed by atoms with Gasteiger partial charge in [0.1, 0.15) is 5.82 Å². The molecule has 1 N–H and O–H groups in total. The van der Waals surface area contributed by atoms with Crippen molar-refractivity contribution in [3.8, 4) is 0 Å². The topological polar surface area (TPSA) is 52.7 Å². The summed E-state index contributed by atoms with van der Waals surface area (Å²) >= 11 is 0. The Balaban J connectivity index is 1.86. The fourth-order valence-corrected chi connectivity index (χ4v) is 3.48. The second-order valence-electron chi connectivity index (χ2n) is 8.20. The fourth-order valence-electron chi connectivity index (χ4n) is 3.48. The van der Waals surface area contributed by atoms with Crippen molar-refractivity contribution in [3.63, 3.8) is 0 Å². The molecule has 0 aliphatic heterocycles. The van der Waals surface area contributed by atoms with Crippen LogP contribution in [0.15, 0.2) is 42.5 Å². The van der Waals surface area contributed by atoms with Gasteiger partial charge in [0.25, 0.3) is 5.91 Å². The van der Waals surface area contributed by atoms with Crippen LogP contribution in [0.5, 0.6) is 0 Å². The van der Waals surface area contributed by atoms with E-state index in [2.05, 4.69) is 19.2 Å². The lowest BCUT2D eigenvalue weighted by atomic mass is 10.1. The van der Waals surface area contributed by atoms with Gasteiger partial charge in [0, 0.05) is 49.5 Å². The van der Waals surface area contributed by atoms with Crippen molar-refractivity contribution < 1.29 is 14.0 Å². The molecule has 3 rings (SSSR count). The quantitative estimate of drug-likeness (QED) is 0.686. The molecule has 0 saturated heterocycles. The second kappa shape index (κ2) is 9.28. The third kappa shape index (κ3) is 5.17. The minimum Gasteiger partial charge on any atom is -0.377 e. The molecule has 1 aliphatic rings. The Morgan fingerprint density at radius 3 is 2.50 bits per heavy atom. The molecule has 2 aromatic rings. The molecule has 6 heteroatoms. The van der Waals surface area contributed by atoms with Gasteiger partial charge in [-0.1, -0.05) is 13.0 Å². The van der Waals surface area contributed by atoms with Gasteiger partial charge < -0.3 is 15.1 Å². The van der Waals surface area contributed by atoms with Gasteiger partial charge in [0.2, 0.25) is 5.91 Å². The van der Waals surface area contributed by atoms with Crippen LogP contribution in [0.25, 0.3) is 0 Å². The molecule has 5 nitrogen and oxygen atoms in total. The Morgan fingerprint density at radius 2 is 1.90 bits per heavy atom. The number of benzene rings is 2. The lowest BCUT2D eigenvalue weighted by Gasteiger charge is -2.31. The first kappa shape index (κ1) is 21.8. The Hall–Kier alpha value is -2.89. The molecule has 2 amide bonds. The molecule has 1 unspecified atom stereocenters. The molecule has 1 saturated carbocycles. The summed E-state index contributed by atoms with van der Waals surface area (Å²) in [5.41, 5.74) is 2.84. The van der Waals surface area contributed by atoms with Crippen LogP contribution >= 0.6 is 0 Å². The number of carbonyl (C=O) groups excluding carboxylic acids is 2. The van der Waals surface area contributed by atoms with Crippen molar-refractivity contribution in [1.82, 2.24) is 4.90 Å². The zero-order chi connectivity index (χ0) is 21.8. The Labute approximate surface area is 177 Å². The summed E-state index contributed by atoms with van der Waals surface area (Å²) < 4.78 is 13.4. The normalized spacial score (nSPS) is 14.2. The highest BCUT2D eigenvalue weighted by Crippen LogP contribution is 2.34. The fraction of sp³-hybridized carbons (Fsp3) is 0.417. The van der Waals surface area contributed by atoms with Gasteiger partial charge in [-0.25, -0.2) is 4.39 Å². The second-order valence-corrected chi connectivity index (χ2v) is 8.20. The molecule has 30 heavy (non-hydrogen) atoms. The maximum absolute atomic E-state index is 13.4. The molecule has 0 radical (unpaired) electrons. The zero-order valence-electron chi connectivity index (χ0n) is 18.1. The van der Waals surface area contributed by atoms with Crippen LogP contribution in [-0.2, 0) is 11.3 Å². The van der Waals surface area contributed by atoms with Crippen molar-refractivity contribution in [2.24, 2.45) is 5.92 Å². The molecular weight excluding hydrogens is 381 g/mol. The SMILES string of the molecule is CCC(C)N(Cc1cc(NC(=O)c2cccc(F)c2)ccc1N(C)C)C(=O)C1CC1. The van der Waals surface area contributed by atoms with Crippen LogP contribution in [0.4, 0.5) is 15.8 Å². The zero-order valence-corrected chi connectivity index (χ0v) is 18.1. The maximum atomic E-state index is 13.4. The largest absolute Gasteiger partial charge is 0.377 e. The van der Waals surface area contributed by atoms with Gasteiger partial charge >= 0.3 is 0 Å². The monoisotopic (exact) mass is 411 g/mol. The number of anilines is 2. The Bertz CT molecular complexity index is 924. The van der Waals surface area contributed by atoms with E-state index in [9.17, 15) is 14.0 Å². The average Bonchev–Trinajstić information content (AvgIpc) is 3.56. The van der Waals surface area contributed by atoms with Crippen LogP contribution in [0.3, 0.4) is 0 Å². The van der Waals surface area contributed by atoms with Crippen LogP contribution in [0, 0.1) is 11.7 Å². The third-order valence-electron chi connectivity index (χ3n) is 5.58. The van der Waals surface area contributed by atoms with Gasteiger partial charge in [-0.15, -0.1) is 0 Å². The van der Waals surface area contributed by atoms with Gasteiger partial charge in [0.05, 0.1) is 0 Å². The number of amides is 2. The molecule has 160 valence electrons. The van der Waals surface area contributed by atoms with Gasteiger partial charge in [-0.2, -0.15) is 0 Å². The summed E-state index contributed by atoms with van der Waals surface area (Å²) in [5.74, 6) is -0.458. The van der Waals surface area contributed by atoms with E-state index < -0.39 is 5.82 Å². The van der Waals surface area contributed by atoms with Crippen LogP contribution in [-0.4, -0.2) is 36.9 Å². The third-order valence-corrected chi connectivity index (χ3v) is 5.58. The minimum atomic E-state index is -0.450. The van der Waals surface area contributed by atoms with Crippen LogP contribution in [0.2, 0.25) is 0 Å². The molecule has 0 spiro atoms. The van der Waals surface area contributed by atoms with E-state index >= 15 is 0 Å². The highest BCUT2D eigenvalue weighted by atomic mass is 19.1.